The number of nitro groups is 1. The van der Waals surface area contributed by atoms with Gasteiger partial charge in [0.1, 0.15) is 5.56 Å². The molecule has 0 spiro atoms. The number of nitro benzene ring substituents is 1. The van der Waals surface area contributed by atoms with Gasteiger partial charge in [-0.3, -0.25) is 19.7 Å². The molecule has 7 nitrogen and oxygen atoms in total. The van der Waals surface area contributed by atoms with Gasteiger partial charge in [0, 0.05) is 6.07 Å². The Morgan fingerprint density at radius 2 is 1.80 bits per heavy atom. The van der Waals surface area contributed by atoms with Gasteiger partial charge in [0.25, 0.3) is 11.6 Å². The summed E-state index contributed by atoms with van der Waals surface area (Å²) in [5, 5.41) is 10.5. The van der Waals surface area contributed by atoms with Crippen molar-refractivity contribution in [3.8, 4) is 0 Å². The maximum Gasteiger partial charge on any atom is 0.282 e. The topological polar surface area (TPSA) is 129 Å². The molecule has 1 aromatic carbocycles. The second-order valence-corrected chi connectivity index (χ2v) is 2.69. The molecule has 0 saturated carbocycles. The van der Waals surface area contributed by atoms with Crippen LogP contribution in [0.25, 0.3) is 0 Å². The van der Waals surface area contributed by atoms with Crippen molar-refractivity contribution in [2.45, 2.75) is 0 Å². The summed E-state index contributed by atoms with van der Waals surface area (Å²) in [7, 11) is 0. The van der Waals surface area contributed by atoms with E-state index in [-0.39, 0.29) is 5.56 Å². The minimum Gasteiger partial charge on any atom is -0.366 e. The molecule has 0 aliphatic heterocycles. The monoisotopic (exact) mass is 209 g/mol. The highest BCUT2D eigenvalue weighted by molar-refractivity contribution is 6.08. The van der Waals surface area contributed by atoms with E-state index in [9.17, 15) is 19.7 Å². The van der Waals surface area contributed by atoms with Crippen molar-refractivity contribution in [2.24, 2.45) is 11.5 Å². The van der Waals surface area contributed by atoms with Crippen LogP contribution in [0.3, 0.4) is 0 Å². The number of nitrogens with zero attached hydrogens (tertiary/aromatic N) is 1. The largest absolute Gasteiger partial charge is 0.366 e. The molecule has 0 bridgehead atoms. The van der Waals surface area contributed by atoms with Gasteiger partial charge in [0.05, 0.1) is 10.5 Å². The van der Waals surface area contributed by atoms with Crippen LogP contribution in [0.2, 0.25) is 0 Å². The lowest BCUT2D eigenvalue weighted by Crippen LogP contribution is -2.21. The van der Waals surface area contributed by atoms with E-state index in [1.165, 1.54) is 12.1 Å². The molecule has 0 heterocycles. The van der Waals surface area contributed by atoms with Crippen LogP contribution in [0.1, 0.15) is 20.7 Å². The number of hydrogen-bond donors (Lipinski definition) is 2. The van der Waals surface area contributed by atoms with E-state index in [1.807, 2.05) is 0 Å². The lowest BCUT2D eigenvalue weighted by molar-refractivity contribution is -0.385. The van der Waals surface area contributed by atoms with Crippen molar-refractivity contribution < 1.29 is 14.5 Å². The van der Waals surface area contributed by atoms with Crippen LogP contribution in [-0.4, -0.2) is 16.7 Å². The van der Waals surface area contributed by atoms with Crippen LogP contribution in [-0.2, 0) is 0 Å². The van der Waals surface area contributed by atoms with Gasteiger partial charge in [0.2, 0.25) is 5.91 Å². The minimum atomic E-state index is -1.06. The smallest absolute Gasteiger partial charge is 0.282 e. The van der Waals surface area contributed by atoms with Crippen LogP contribution in [0.15, 0.2) is 18.2 Å². The molecule has 7 heteroatoms. The molecular formula is C8H7N3O4. The summed E-state index contributed by atoms with van der Waals surface area (Å²) in [5.41, 5.74) is 8.65. The van der Waals surface area contributed by atoms with E-state index in [1.54, 1.807) is 0 Å². The van der Waals surface area contributed by atoms with Gasteiger partial charge >= 0.3 is 0 Å². The van der Waals surface area contributed by atoms with Crippen LogP contribution < -0.4 is 11.5 Å². The molecule has 0 saturated heterocycles. The number of benzene rings is 1. The number of carbonyl (C=O) groups is 2. The van der Waals surface area contributed by atoms with Crippen molar-refractivity contribution in [1.29, 1.82) is 0 Å². The van der Waals surface area contributed by atoms with Crippen molar-refractivity contribution in [2.75, 3.05) is 0 Å². The van der Waals surface area contributed by atoms with Gasteiger partial charge in [-0.15, -0.1) is 0 Å². The van der Waals surface area contributed by atoms with Gasteiger partial charge in [-0.2, -0.15) is 0 Å². The zero-order valence-corrected chi connectivity index (χ0v) is 7.47. The maximum absolute atomic E-state index is 11.0. The second-order valence-electron chi connectivity index (χ2n) is 2.69. The first kappa shape index (κ1) is 10.6. The Kier molecular flexibility index (Phi) is 2.65. The predicted octanol–water partition coefficient (Wildman–Crippen LogP) is -0.207. The Balaban J connectivity index is 3.56. The second kappa shape index (κ2) is 3.74. The summed E-state index contributed by atoms with van der Waals surface area (Å²) in [6, 6.07) is 3.53. The normalized spacial score (nSPS) is 9.60. The molecule has 0 aliphatic rings. The van der Waals surface area contributed by atoms with Gasteiger partial charge < -0.3 is 11.5 Å². The molecule has 15 heavy (non-hydrogen) atoms. The molecule has 2 amide bonds. The molecule has 0 aromatic heterocycles. The van der Waals surface area contributed by atoms with Crippen molar-refractivity contribution in [3.63, 3.8) is 0 Å². The molecule has 0 radical (unpaired) electrons. The molecule has 1 aromatic rings. The highest BCUT2D eigenvalue weighted by Gasteiger charge is 2.23. The zero-order valence-electron chi connectivity index (χ0n) is 7.47. The lowest BCUT2D eigenvalue weighted by atomic mass is 10.0. The SMILES string of the molecule is NC(=O)c1cccc([N+](=O)[O-])c1C(N)=O. The fourth-order valence-electron chi connectivity index (χ4n) is 1.16. The summed E-state index contributed by atoms with van der Waals surface area (Å²) in [5.74, 6) is -2.00. The number of nitrogens with two attached hydrogens (primary N) is 2. The third-order valence-electron chi connectivity index (χ3n) is 1.75. The molecule has 78 valence electrons. The fourth-order valence-corrected chi connectivity index (χ4v) is 1.16. The van der Waals surface area contributed by atoms with Crippen molar-refractivity contribution >= 4 is 17.5 Å². The molecule has 0 atom stereocenters. The zero-order chi connectivity index (χ0) is 11.6. The molecular weight excluding hydrogens is 202 g/mol. The fraction of sp³-hybridized carbons (Fsp3) is 0. The third kappa shape index (κ3) is 1.90. The van der Waals surface area contributed by atoms with Gasteiger partial charge in [-0.1, -0.05) is 6.07 Å². The first-order valence-corrected chi connectivity index (χ1v) is 3.82. The van der Waals surface area contributed by atoms with Gasteiger partial charge in [0.15, 0.2) is 0 Å². The van der Waals surface area contributed by atoms with E-state index >= 15 is 0 Å². The first-order chi connectivity index (χ1) is 6.95. The summed E-state index contributed by atoms with van der Waals surface area (Å²) in [6.07, 6.45) is 0. The molecule has 0 aliphatic carbocycles. The number of carbonyl (C=O) groups excluding carboxylic acids is 2. The van der Waals surface area contributed by atoms with Crippen molar-refractivity contribution in [3.05, 3.63) is 39.4 Å². The van der Waals surface area contributed by atoms with Crippen LogP contribution >= 0.6 is 0 Å². The number of rotatable bonds is 3. The standard InChI is InChI=1S/C8H7N3O4/c9-7(12)4-2-1-3-5(11(14)15)6(4)8(10)13/h1-3H,(H2,9,12)(H2,10,13). The van der Waals surface area contributed by atoms with E-state index in [4.69, 9.17) is 11.5 Å². The number of primary amides is 2. The van der Waals surface area contributed by atoms with Crippen LogP contribution in [0.5, 0.6) is 0 Å². The van der Waals surface area contributed by atoms with E-state index < -0.39 is 28.0 Å². The van der Waals surface area contributed by atoms with Crippen LogP contribution in [0.4, 0.5) is 5.69 Å². The molecule has 4 N–H and O–H groups in total. The maximum atomic E-state index is 11.0. The quantitative estimate of drug-likeness (QED) is 0.526. The summed E-state index contributed by atoms with van der Waals surface area (Å²) in [4.78, 5) is 31.6. The Morgan fingerprint density at radius 3 is 2.20 bits per heavy atom. The van der Waals surface area contributed by atoms with Crippen molar-refractivity contribution in [1.82, 2.24) is 0 Å². The highest BCUT2D eigenvalue weighted by atomic mass is 16.6. The predicted molar refractivity (Wildman–Crippen MR) is 50.1 cm³/mol. The summed E-state index contributed by atoms with van der Waals surface area (Å²) in [6.45, 7) is 0. The Hall–Kier alpha value is -2.44. The van der Waals surface area contributed by atoms with E-state index in [0.717, 1.165) is 6.07 Å². The van der Waals surface area contributed by atoms with Gasteiger partial charge in [-0.25, -0.2) is 0 Å². The van der Waals surface area contributed by atoms with E-state index in [0.29, 0.717) is 0 Å². The minimum absolute atomic E-state index is 0.253. The Bertz CT molecular complexity index is 423. The lowest BCUT2D eigenvalue weighted by Gasteiger charge is -2.02. The Morgan fingerprint density at radius 1 is 1.20 bits per heavy atom. The van der Waals surface area contributed by atoms with Crippen LogP contribution in [0, 0.1) is 10.1 Å². The molecule has 1 rings (SSSR count). The average Bonchev–Trinajstić information content (AvgIpc) is 2.16. The third-order valence-corrected chi connectivity index (χ3v) is 1.75. The van der Waals surface area contributed by atoms with Gasteiger partial charge in [-0.05, 0) is 6.07 Å². The molecule has 0 unspecified atom stereocenters. The number of hydrogen-bond acceptors (Lipinski definition) is 4. The summed E-state index contributed by atoms with van der Waals surface area (Å²) >= 11 is 0. The first-order valence-electron chi connectivity index (χ1n) is 3.82. The number of amides is 2. The van der Waals surface area contributed by atoms with E-state index in [2.05, 4.69) is 0 Å². The average molecular weight is 209 g/mol. The summed E-state index contributed by atoms with van der Waals surface area (Å²) < 4.78 is 0. The molecule has 0 fully saturated rings. The highest BCUT2D eigenvalue weighted by Crippen LogP contribution is 2.21. The Labute approximate surface area is 83.8 Å².